The van der Waals surface area contributed by atoms with Gasteiger partial charge in [-0.1, -0.05) is 13.8 Å². The molecule has 0 aliphatic heterocycles. The predicted octanol–water partition coefficient (Wildman–Crippen LogP) is 1.94. The maximum Gasteiger partial charge on any atom is 0.341 e. The summed E-state index contributed by atoms with van der Waals surface area (Å²) in [6.45, 7) is 3.67. The highest BCUT2D eigenvalue weighted by molar-refractivity contribution is 7.89. The van der Waals surface area contributed by atoms with E-state index >= 15 is 0 Å². The number of carboxylic acids is 1. The minimum atomic E-state index is -4.21. The molecule has 1 aromatic rings. The van der Waals surface area contributed by atoms with Crippen LogP contribution in [0.2, 0.25) is 0 Å². The van der Waals surface area contributed by atoms with Crippen molar-refractivity contribution in [2.75, 3.05) is 13.6 Å². The number of carbonyl (C=O) groups is 1. The van der Waals surface area contributed by atoms with E-state index in [2.05, 4.69) is 0 Å². The van der Waals surface area contributed by atoms with E-state index in [9.17, 15) is 22.0 Å². The summed E-state index contributed by atoms with van der Waals surface area (Å²) in [6, 6.07) is 1.35. The molecule has 0 aromatic heterocycles. The van der Waals surface area contributed by atoms with E-state index in [0.29, 0.717) is 6.07 Å². The summed E-state index contributed by atoms with van der Waals surface area (Å²) in [5.74, 6) is -4.77. The van der Waals surface area contributed by atoms with Crippen LogP contribution in [-0.2, 0) is 10.0 Å². The first-order valence-corrected chi connectivity index (χ1v) is 7.20. The Hall–Kier alpha value is -1.54. The zero-order chi connectivity index (χ0) is 15.7. The molecule has 0 fully saturated rings. The van der Waals surface area contributed by atoms with Crippen LogP contribution in [0.15, 0.2) is 17.0 Å². The monoisotopic (exact) mass is 307 g/mol. The van der Waals surface area contributed by atoms with Crippen molar-refractivity contribution in [3.63, 3.8) is 0 Å². The summed E-state index contributed by atoms with van der Waals surface area (Å²) < 4.78 is 52.4. The first-order valence-electron chi connectivity index (χ1n) is 5.76. The molecular weight excluding hydrogens is 292 g/mol. The average Bonchev–Trinajstić information content (AvgIpc) is 2.26. The maximum absolute atomic E-state index is 14.0. The summed E-state index contributed by atoms with van der Waals surface area (Å²) in [5, 5.41) is 8.73. The maximum atomic E-state index is 14.0. The molecule has 0 spiro atoms. The molecule has 1 N–H and O–H groups in total. The van der Waals surface area contributed by atoms with Crippen LogP contribution in [0.3, 0.4) is 0 Å². The van der Waals surface area contributed by atoms with Gasteiger partial charge in [-0.15, -0.1) is 0 Å². The Kier molecular flexibility index (Phi) is 4.82. The quantitative estimate of drug-likeness (QED) is 0.902. The lowest BCUT2D eigenvalue weighted by Crippen LogP contribution is -2.31. The fourth-order valence-corrected chi connectivity index (χ4v) is 3.11. The highest BCUT2D eigenvalue weighted by Crippen LogP contribution is 2.24. The third-order valence-corrected chi connectivity index (χ3v) is 4.42. The molecule has 20 heavy (non-hydrogen) atoms. The fourth-order valence-electron chi connectivity index (χ4n) is 1.71. The third kappa shape index (κ3) is 3.13. The standard InChI is InChI=1S/C12H15F2NO4S/c1-7(2)6-15(3)20(18,19)9-5-4-8(13)10(11(9)14)12(16)17/h4-5,7H,6H2,1-3H3,(H,16,17). The lowest BCUT2D eigenvalue weighted by molar-refractivity contribution is 0.0685. The van der Waals surface area contributed by atoms with Crippen molar-refractivity contribution in [2.24, 2.45) is 5.92 Å². The van der Waals surface area contributed by atoms with Crippen LogP contribution < -0.4 is 0 Å². The summed E-state index contributed by atoms with van der Waals surface area (Å²) in [7, 11) is -2.96. The number of hydrogen-bond acceptors (Lipinski definition) is 3. The first-order chi connectivity index (χ1) is 9.09. The molecule has 0 aliphatic rings. The van der Waals surface area contributed by atoms with Crippen molar-refractivity contribution < 1.29 is 27.1 Å². The van der Waals surface area contributed by atoms with Crippen LogP contribution in [0, 0.1) is 17.6 Å². The number of benzene rings is 1. The van der Waals surface area contributed by atoms with E-state index in [1.165, 1.54) is 7.05 Å². The van der Waals surface area contributed by atoms with Crippen molar-refractivity contribution in [1.82, 2.24) is 4.31 Å². The smallest absolute Gasteiger partial charge is 0.341 e. The number of aromatic carboxylic acids is 1. The Bertz CT molecular complexity index is 629. The molecule has 0 amide bonds. The summed E-state index contributed by atoms with van der Waals surface area (Å²) in [5.41, 5.74) is -1.27. The zero-order valence-corrected chi connectivity index (χ0v) is 12.0. The molecular formula is C12H15F2NO4S. The van der Waals surface area contributed by atoms with Crippen LogP contribution in [0.25, 0.3) is 0 Å². The predicted molar refractivity (Wildman–Crippen MR) is 68.0 cm³/mol. The number of halogens is 2. The van der Waals surface area contributed by atoms with Gasteiger partial charge in [-0.05, 0) is 18.1 Å². The van der Waals surface area contributed by atoms with Gasteiger partial charge in [-0.3, -0.25) is 0 Å². The van der Waals surface area contributed by atoms with Crippen molar-refractivity contribution >= 4 is 16.0 Å². The van der Waals surface area contributed by atoms with Gasteiger partial charge in [0.15, 0.2) is 5.82 Å². The van der Waals surface area contributed by atoms with Gasteiger partial charge in [-0.25, -0.2) is 26.3 Å². The van der Waals surface area contributed by atoms with Gasteiger partial charge in [0.25, 0.3) is 0 Å². The number of hydrogen-bond donors (Lipinski definition) is 1. The topological polar surface area (TPSA) is 74.7 Å². The molecule has 0 aliphatic carbocycles. The molecule has 1 rings (SSSR count). The van der Waals surface area contributed by atoms with Crippen LogP contribution >= 0.6 is 0 Å². The van der Waals surface area contributed by atoms with Gasteiger partial charge >= 0.3 is 5.97 Å². The molecule has 0 saturated carbocycles. The zero-order valence-electron chi connectivity index (χ0n) is 11.2. The third-order valence-electron chi connectivity index (χ3n) is 2.58. The molecule has 112 valence electrons. The second-order valence-electron chi connectivity index (χ2n) is 4.72. The fraction of sp³-hybridized carbons (Fsp3) is 0.417. The molecule has 5 nitrogen and oxygen atoms in total. The van der Waals surface area contributed by atoms with E-state index in [1.807, 2.05) is 0 Å². The summed E-state index contributed by atoms with van der Waals surface area (Å²) in [6.07, 6.45) is 0. The van der Waals surface area contributed by atoms with E-state index in [-0.39, 0.29) is 12.5 Å². The van der Waals surface area contributed by atoms with Gasteiger partial charge in [-0.2, -0.15) is 0 Å². The minimum absolute atomic E-state index is 0.00257. The van der Waals surface area contributed by atoms with E-state index < -0.39 is 38.1 Å². The largest absolute Gasteiger partial charge is 0.477 e. The van der Waals surface area contributed by atoms with Crippen molar-refractivity contribution in [3.05, 3.63) is 29.3 Å². The van der Waals surface area contributed by atoms with E-state index in [1.54, 1.807) is 13.8 Å². The highest BCUT2D eigenvalue weighted by atomic mass is 32.2. The van der Waals surface area contributed by atoms with E-state index in [0.717, 1.165) is 10.4 Å². The van der Waals surface area contributed by atoms with Gasteiger partial charge in [0.1, 0.15) is 16.3 Å². The Morgan fingerprint density at radius 2 is 1.90 bits per heavy atom. The Morgan fingerprint density at radius 3 is 2.35 bits per heavy atom. The summed E-state index contributed by atoms with van der Waals surface area (Å²) in [4.78, 5) is 9.93. The van der Waals surface area contributed by atoms with Gasteiger partial charge in [0.2, 0.25) is 10.0 Å². The average molecular weight is 307 g/mol. The normalized spacial score (nSPS) is 12.2. The number of sulfonamides is 1. The molecule has 0 radical (unpaired) electrons. The minimum Gasteiger partial charge on any atom is -0.477 e. The van der Waals surface area contributed by atoms with Crippen molar-refractivity contribution in [3.8, 4) is 0 Å². The van der Waals surface area contributed by atoms with Crippen LogP contribution in [0.5, 0.6) is 0 Å². The molecule has 0 bridgehead atoms. The lowest BCUT2D eigenvalue weighted by Gasteiger charge is -2.19. The van der Waals surface area contributed by atoms with Gasteiger partial charge < -0.3 is 5.11 Å². The van der Waals surface area contributed by atoms with E-state index in [4.69, 9.17) is 5.11 Å². The lowest BCUT2D eigenvalue weighted by atomic mass is 10.2. The van der Waals surface area contributed by atoms with Crippen LogP contribution in [0.4, 0.5) is 8.78 Å². The molecule has 1 aromatic carbocycles. The van der Waals surface area contributed by atoms with Gasteiger partial charge in [0.05, 0.1) is 0 Å². The molecule has 0 atom stereocenters. The first kappa shape index (κ1) is 16.5. The van der Waals surface area contributed by atoms with Crippen LogP contribution in [0.1, 0.15) is 24.2 Å². The summed E-state index contributed by atoms with van der Waals surface area (Å²) >= 11 is 0. The number of rotatable bonds is 5. The Morgan fingerprint density at radius 1 is 1.35 bits per heavy atom. The molecule has 8 heteroatoms. The molecule has 0 unspecified atom stereocenters. The second-order valence-corrected chi connectivity index (χ2v) is 6.73. The van der Waals surface area contributed by atoms with Crippen LogP contribution in [-0.4, -0.2) is 37.4 Å². The molecule has 0 saturated heterocycles. The van der Waals surface area contributed by atoms with Crippen molar-refractivity contribution in [1.29, 1.82) is 0 Å². The van der Waals surface area contributed by atoms with Crippen molar-refractivity contribution in [2.45, 2.75) is 18.7 Å². The highest BCUT2D eigenvalue weighted by Gasteiger charge is 2.29. The SMILES string of the molecule is CC(C)CN(C)S(=O)(=O)c1ccc(F)c(C(=O)O)c1F. The van der Waals surface area contributed by atoms with Gasteiger partial charge in [0, 0.05) is 13.6 Å². The second kappa shape index (κ2) is 5.84. The number of nitrogens with zero attached hydrogens (tertiary/aromatic N) is 1. The Labute approximate surface area is 115 Å². The Balaban J connectivity index is 3.41. The number of carboxylic acid groups (broad SMARTS) is 1. The molecule has 0 heterocycles.